The molecule has 0 atom stereocenters. The maximum absolute atomic E-state index is 3.85. The second-order valence-electron chi connectivity index (χ2n) is 7.31. The van der Waals surface area contributed by atoms with Crippen LogP contribution in [0.3, 0.4) is 0 Å². The molecule has 0 nitrogen and oxygen atoms in total. The minimum atomic E-state index is 1.25. The lowest BCUT2D eigenvalue weighted by molar-refractivity contribution is 0.608. The predicted octanol–water partition coefficient (Wildman–Crippen LogP) is 9.53. The SMILES string of the molecule is CCCCCCCCc1csc2c(CCCCCCCC)c(Br)sc12. The lowest BCUT2D eigenvalue weighted by Gasteiger charge is -2.01. The first-order valence-electron chi connectivity index (χ1n) is 10.4. The van der Waals surface area contributed by atoms with Gasteiger partial charge in [-0.1, -0.05) is 78.1 Å². The highest BCUT2D eigenvalue weighted by Gasteiger charge is 2.15. The number of aryl methyl sites for hydroxylation is 2. The van der Waals surface area contributed by atoms with Crippen molar-refractivity contribution in [1.82, 2.24) is 0 Å². The highest BCUT2D eigenvalue weighted by Crippen LogP contribution is 2.42. The lowest BCUT2D eigenvalue weighted by Crippen LogP contribution is -1.85. The number of fused-ring (bicyclic) bond motifs is 1. The van der Waals surface area contributed by atoms with E-state index < -0.39 is 0 Å². The number of hydrogen-bond donors (Lipinski definition) is 0. The van der Waals surface area contributed by atoms with E-state index in [1.807, 2.05) is 22.7 Å². The summed E-state index contributed by atoms with van der Waals surface area (Å²) >= 11 is 7.82. The Kier molecular flexibility index (Phi) is 10.7. The van der Waals surface area contributed by atoms with Gasteiger partial charge in [-0.25, -0.2) is 0 Å². The summed E-state index contributed by atoms with van der Waals surface area (Å²) in [6.07, 6.45) is 19.2. The number of halogens is 1. The van der Waals surface area contributed by atoms with Crippen molar-refractivity contribution in [3.8, 4) is 0 Å². The van der Waals surface area contributed by atoms with E-state index in [9.17, 15) is 0 Å². The molecule has 2 heterocycles. The summed E-state index contributed by atoms with van der Waals surface area (Å²) in [5.41, 5.74) is 3.20. The maximum Gasteiger partial charge on any atom is 0.0751 e. The van der Waals surface area contributed by atoms with E-state index in [1.165, 1.54) is 93.7 Å². The number of unbranched alkanes of at least 4 members (excludes halogenated alkanes) is 10. The molecule has 0 saturated heterocycles. The topological polar surface area (TPSA) is 0 Å². The smallest absolute Gasteiger partial charge is 0.0751 e. The molecule has 0 aliphatic carbocycles. The molecule has 2 aromatic heterocycles. The van der Waals surface area contributed by atoms with Crippen molar-refractivity contribution < 1.29 is 0 Å². The van der Waals surface area contributed by atoms with Crippen molar-refractivity contribution in [2.24, 2.45) is 0 Å². The standard InChI is InChI=1S/C22H35BrS2/c1-3-5-7-9-11-13-15-18-17-24-21-19(22(23)25-20(18)21)16-14-12-10-8-6-4-2/h17H,3-16H2,1-2H3. The third-order valence-corrected chi connectivity index (χ3v) is 8.38. The van der Waals surface area contributed by atoms with Crippen LogP contribution < -0.4 is 0 Å². The molecule has 0 amide bonds. The van der Waals surface area contributed by atoms with E-state index in [2.05, 4.69) is 35.2 Å². The van der Waals surface area contributed by atoms with Crippen molar-refractivity contribution in [3.63, 3.8) is 0 Å². The van der Waals surface area contributed by atoms with Gasteiger partial charge in [0.15, 0.2) is 0 Å². The molecule has 2 aromatic rings. The zero-order valence-corrected chi connectivity index (χ0v) is 19.4. The average Bonchev–Trinajstić information content (AvgIpc) is 3.13. The van der Waals surface area contributed by atoms with E-state index in [-0.39, 0.29) is 0 Å². The van der Waals surface area contributed by atoms with Crippen LogP contribution in [0.25, 0.3) is 9.40 Å². The zero-order valence-electron chi connectivity index (χ0n) is 16.2. The Labute approximate surface area is 171 Å². The van der Waals surface area contributed by atoms with Gasteiger partial charge in [-0.3, -0.25) is 0 Å². The third kappa shape index (κ3) is 6.99. The van der Waals surface area contributed by atoms with Crippen LogP contribution in [-0.4, -0.2) is 0 Å². The summed E-state index contributed by atoms with van der Waals surface area (Å²) in [7, 11) is 0. The molecule has 0 bridgehead atoms. The fourth-order valence-corrected chi connectivity index (χ4v) is 7.02. The predicted molar refractivity (Wildman–Crippen MR) is 122 cm³/mol. The van der Waals surface area contributed by atoms with Gasteiger partial charge in [-0.15, -0.1) is 22.7 Å². The Hall–Kier alpha value is 0.140. The molecule has 0 aromatic carbocycles. The summed E-state index contributed by atoms with van der Waals surface area (Å²) in [6.45, 7) is 4.58. The van der Waals surface area contributed by atoms with Gasteiger partial charge in [0.1, 0.15) is 0 Å². The van der Waals surface area contributed by atoms with Gasteiger partial charge < -0.3 is 0 Å². The Morgan fingerprint density at radius 3 is 1.92 bits per heavy atom. The molecule has 0 fully saturated rings. The molecule has 0 aliphatic rings. The van der Waals surface area contributed by atoms with Gasteiger partial charge in [-0.05, 0) is 58.1 Å². The van der Waals surface area contributed by atoms with Crippen LogP contribution in [0, 0.1) is 0 Å². The molecule has 0 spiro atoms. The Bertz CT molecular complexity index is 596. The van der Waals surface area contributed by atoms with Crippen molar-refractivity contribution in [1.29, 1.82) is 0 Å². The Morgan fingerprint density at radius 1 is 0.720 bits per heavy atom. The lowest BCUT2D eigenvalue weighted by atomic mass is 10.1. The van der Waals surface area contributed by atoms with E-state index in [0.717, 1.165) is 0 Å². The highest BCUT2D eigenvalue weighted by molar-refractivity contribution is 9.11. The zero-order chi connectivity index (χ0) is 17.9. The molecule has 0 radical (unpaired) electrons. The number of hydrogen-bond acceptors (Lipinski definition) is 2. The van der Waals surface area contributed by atoms with Crippen LogP contribution in [0.15, 0.2) is 9.17 Å². The maximum atomic E-state index is 3.85. The van der Waals surface area contributed by atoms with E-state index >= 15 is 0 Å². The van der Waals surface area contributed by atoms with Crippen molar-refractivity contribution in [3.05, 3.63) is 20.3 Å². The second-order valence-corrected chi connectivity index (χ2v) is 10.5. The third-order valence-electron chi connectivity index (χ3n) is 5.10. The Morgan fingerprint density at radius 2 is 1.28 bits per heavy atom. The van der Waals surface area contributed by atoms with Gasteiger partial charge in [0.05, 0.1) is 3.79 Å². The van der Waals surface area contributed by atoms with Gasteiger partial charge in [0, 0.05) is 9.40 Å². The normalized spacial score (nSPS) is 11.6. The van der Waals surface area contributed by atoms with Gasteiger partial charge >= 0.3 is 0 Å². The molecule has 0 unspecified atom stereocenters. The highest BCUT2D eigenvalue weighted by atomic mass is 79.9. The quantitative estimate of drug-likeness (QED) is 0.255. The minimum absolute atomic E-state index is 1.25. The Balaban J connectivity index is 1.80. The fraction of sp³-hybridized carbons (Fsp3) is 0.727. The molecular weight excluding hydrogens is 408 g/mol. The van der Waals surface area contributed by atoms with Crippen LogP contribution >= 0.6 is 38.6 Å². The first-order valence-corrected chi connectivity index (χ1v) is 12.9. The largest absolute Gasteiger partial charge is 0.142 e. The van der Waals surface area contributed by atoms with E-state index in [4.69, 9.17) is 0 Å². The summed E-state index contributed by atoms with van der Waals surface area (Å²) in [5, 5.41) is 2.43. The molecular formula is C22H35BrS2. The molecule has 142 valence electrons. The van der Waals surface area contributed by atoms with Crippen molar-refractivity contribution in [2.75, 3.05) is 0 Å². The molecule has 0 aliphatic heterocycles. The molecule has 0 N–H and O–H groups in total. The van der Waals surface area contributed by atoms with Crippen LogP contribution in [0.5, 0.6) is 0 Å². The summed E-state index contributed by atoms with van der Waals surface area (Å²) < 4.78 is 4.55. The molecule has 25 heavy (non-hydrogen) atoms. The van der Waals surface area contributed by atoms with E-state index in [1.54, 1.807) is 20.5 Å². The fourth-order valence-electron chi connectivity index (χ4n) is 3.51. The number of rotatable bonds is 14. The van der Waals surface area contributed by atoms with Gasteiger partial charge in [-0.2, -0.15) is 0 Å². The van der Waals surface area contributed by atoms with E-state index in [0.29, 0.717) is 0 Å². The number of thiophene rings is 2. The van der Waals surface area contributed by atoms with Crippen LogP contribution in [0.1, 0.15) is 102 Å². The molecule has 0 saturated carbocycles. The summed E-state index contributed by atoms with van der Waals surface area (Å²) in [6, 6.07) is 0. The molecule has 3 heteroatoms. The van der Waals surface area contributed by atoms with Crippen LogP contribution in [0.2, 0.25) is 0 Å². The average molecular weight is 444 g/mol. The van der Waals surface area contributed by atoms with Gasteiger partial charge in [0.25, 0.3) is 0 Å². The monoisotopic (exact) mass is 442 g/mol. The molecule has 2 rings (SSSR count). The first-order chi connectivity index (χ1) is 12.3. The minimum Gasteiger partial charge on any atom is -0.142 e. The van der Waals surface area contributed by atoms with Gasteiger partial charge in [0.2, 0.25) is 0 Å². The van der Waals surface area contributed by atoms with Crippen molar-refractivity contribution >= 4 is 48.0 Å². The van der Waals surface area contributed by atoms with Crippen LogP contribution in [0.4, 0.5) is 0 Å². The summed E-state index contributed by atoms with van der Waals surface area (Å²) in [5.74, 6) is 0. The summed E-state index contributed by atoms with van der Waals surface area (Å²) in [4.78, 5) is 0. The van der Waals surface area contributed by atoms with Crippen LogP contribution in [-0.2, 0) is 12.8 Å². The second kappa shape index (κ2) is 12.5. The first kappa shape index (κ1) is 21.4. The van der Waals surface area contributed by atoms with Crippen molar-refractivity contribution in [2.45, 2.75) is 104 Å².